The summed E-state index contributed by atoms with van der Waals surface area (Å²) in [6, 6.07) is 5.25. The van der Waals surface area contributed by atoms with Crippen molar-refractivity contribution in [2.45, 2.75) is 36.7 Å². The summed E-state index contributed by atoms with van der Waals surface area (Å²) in [7, 11) is 0. The van der Waals surface area contributed by atoms with Gasteiger partial charge < -0.3 is 4.74 Å². The lowest BCUT2D eigenvalue weighted by molar-refractivity contribution is -0.134. The Kier molecular flexibility index (Phi) is 3.38. The molecule has 0 aromatic heterocycles. The van der Waals surface area contributed by atoms with Crippen LogP contribution in [0, 0.1) is 0 Å². The van der Waals surface area contributed by atoms with Gasteiger partial charge in [0.1, 0.15) is 5.75 Å². The van der Waals surface area contributed by atoms with E-state index in [-0.39, 0.29) is 5.41 Å². The van der Waals surface area contributed by atoms with Gasteiger partial charge in [-0.1, -0.05) is 41.9 Å². The highest BCUT2D eigenvalue weighted by Gasteiger charge is 2.34. The topological polar surface area (TPSA) is 9.23 Å². The van der Waals surface area contributed by atoms with Crippen molar-refractivity contribution in [3.05, 3.63) is 29.3 Å². The summed E-state index contributed by atoms with van der Waals surface area (Å²) in [5.74, 6) is 0.774. The Balaban J connectivity index is 2.27. The minimum atomic E-state index is -4.17. The first-order chi connectivity index (χ1) is 8.19. The van der Waals surface area contributed by atoms with Crippen molar-refractivity contribution in [1.82, 2.24) is 0 Å². The van der Waals surface area contributed by atoms with Crippen molar-refractivity contribution in [3.8, 4) is 5.75 Å². The molecule has 1 heterocycles. The number of hydrogen-bond acceptors (Lipinski definition) is 1. The first kappa shape index (κ1) is 13.7. The molecule has 0 fully saturated rings. The maximum atomic E-state index is 12.4. The van der Waals surface area contributed by atoms with E-state index in [0.717, 1.165) is 11.3 Å². The predicted octanol–water partition coefficient (Wildman–Crippen LogP) is 4.75. The molecule has 1 aromatic carbocycles. The Morgan fingerprint density at radius 3 is 2.67 bits per heavy atom. The van der Waals surface area contributed by atoms with Crippen LogP contribution in [0.15, 0.2) is 18.2 Å². The molecule has 5 heteroatoms. The largest absolute Gasteiger partial charge is 0.492 e. The molecular weight excluding hydrogens is 309 g/mol. The Bertz CT molecular complexity index is 454. The lowest BCUT2D eigenvalue weighted by Gasteiger charge is -2.18. The van der Waals surface area contributed by atoms with E-state index in [2.05, 4.69) is 15.9 Å². The third kappa shape index (κ3) is 2.82. The van der Waals surface area contributed by atoms with Gasteiger partial charge >= 0.3 is 6.18 Å². The molecule has 0 radical (unpaired) electrons. The van der Waals surface area contributed by atoms with Crippen LogP contribution in [-0.4, -0.2) is 12.8 Å². The van der Waals surface area contributed by atoms with Crippen LogP contribution >= 0.6 is 15.9 Å². The first-order valence-corrected chi connectivity index (χ1v) is 6.59. The fourth-order valence-electron chi connectivity index (χ4n) is 2.05. The van der Waals surface area contributed by atoms with Crippen LogP contribution in [0.5, 0.6) is 5.75 Å². The molecule has 0 aliphatic carbocycles. The van der Waals surface area contributed by atoms with Gasteiger partial charge in [0, 0.05) is 15.8 Å². The van der Waals surface area contributed by atoms with Crippen molar-refractivity contribution < 1.29 is 17.9 Å². The summed E-state index contributed by atoms with van der Waals surface area (Å²) in [6.45, 7) is 4.61. The zero-order valence-electron chi connectivity index (χ0n) is 10.1. The van der Waals surface area contributed by atoms with Crippen LogP contribution in [0.3, 0.4) is 0 Å². The van der Waals surface area contributed by atoms with Crippen LogP contribution in [-0.2, 0) is 5.41 Å². The maximum Gasteiger partial charge on any atom is 0.390 e. The molecule has 1 aromatic rings. The molecule has 0 saturated heterocycles. The lowest BCUT2D eigenvalue weighted by Crippen LogP contribution is -2.18. The Hall–Kier alpha value is -0.710. The summed E-state index contributed by atoms with van der Waals surface area (Å²) >= 11 is 3.11. The van der Waals surface area contributed by atoms with Gasteiger partial charge in [-0.05, 0) is 11.6 Å². The summed E-state index contributed by atoms with van der Waals surface area (Å²) in [6.07, 6.45) is -5.04. The molecule has 2 rings (SSSR count). The highest BCUT2D eigenvalue weighted by Crippen LogP contribution is 2.42. The molecular formula is C13H14BrF3O. The van der Waals surface area contributed by atoms with Gasteiger partial charge in [-0.15, -0.1) is 0 Å². The second-order valence-electron chi connectivity index (χ2n) is 5.21. The molecule has 18 heavy (non-hydrogen) atoms. The molecule has 0 amide bonds. The van der Waals surface area contributed by atoms with E-state index < -0.39 is 17.4 Å². The molecule has 0 spiro atoms. The average molecular weight is 323 g/mol. The van der Waals surface area contributed by atoms with Crippen molar-refractivity contribution in [3.63, 3.8) is 0 Å². The Morgan fingerprint density at radius 1 is 1.39 bits per heavy atom. The molecule has 1 nitrogen and oxygen atoms in total. The van der Waals surface area contributed by atoms with Gasteiger partial charge in [-0.2, -0.15) is 13.2 Å². The van der Waals surface area contributed by atoms with E-state index in [9.17, 15) is 13.2 Å². The molecule has 1 atom stereocenters. The highest BCUT2D eigenvalue weighted by atomic mass is 79.9. The molecule has 0 saturated carbocycles. The van der Waals surface area contributed by atoms with E-state index >= 15 is 0 Å². The van der Waals surface area contributed by atoms with Gasteiger partial charge in [0.05, 0.1) is 13.0 Å². The van der Waals surface area contributed by atoms with Gasteiger partial charge in [-0.25, -0.2) is 0 Å². The number of hydrogen-bond donors (Lipinski definition) is 0. The van der Waals surface area contributed by atoms with E-state index in [1.165, 1.54) is 0 Å². The number of halogens is 4. The van der Waals surface area contributed by atoms with Crippen LogP contribution in [0.1, 0.15) is 36.2 Å². The second-order valence-corrected chi connectivity index (χ2v) is 6.32. The average Bonchev–Trinajstić information content (AvgIpc) is 2.52. The Labute approximate surface area is 112 Å². The van der Waals surface area contributed by atoms with E-state index in [1.54, 1.807) is 12.1 Å². The maximum absolute atomic E-state index is 12.4. The van der Waals surface area contributed by atoms with Crippen molar-refractivity contribution in [2.75, 3.05) is 6.61 Å². The third-order valence-electron chi connectivity index (χ3n) is 3.09. The fourth-order valence-corrected chi connectivity index (χ4v) is 2.71. The van der Waals surface area contributed by atoms with E-state index in [0.29, 0.717) is 12.2 Å². The zero-order chi connectivity index (χ0) is 13.6. The van der Waals surface area contributed by atoms with E-state index in [1.807, 2.05) is 19.9 Å². The van der Waals surface area contributed by atoms with Crippen LogP contribution < -0.4 is 4.74 Å². The van der Waals surface area contributed by atoms with Crippen LogP contribution in [0.25, 0.3) is 0 Å². The summed E-state index contributed by atoms with van der Waals surface area (Å²) in [5, 5.41) is 0. The monoisotopic (exact) mass is 322 g/mol. The van der Waals surface area contributed by atoms with Gasteiger partial charge in [-0.3, -0.25) is 0 Å². The van der Waals surface area contributed by atoms with Crippen molar-refractivity contribution in [1.29, 1.82) is 0 Å². The molecule has 1 unspecified atom stereocenters. The van der Waals surface area contributed by atoms with Crippen molar-refractivity contribution >= 4 is 15.9 Å². The number of fused-ring (bicyclic) bond motifs is 1. The van der Waals surface area contributed by atoms with Crippen LogP contribution in [0.2, 0.25) is 0 Å². The quantitative estimate of drug-likeness (QED) is 0.714. The lowest BCUT2D eigenvalue weighted by atomic mass is 9.86. The zero-order valence-corrected chi connectivity index (χ0v) is 11.7. The summed E-state index contributed by atoms with van der Waals surface area (Å²) in [4.78, 5) is -0.709. The molecule has 0 bridgehead atoms. The number of benzene rings is 1. The highest BCUT2D eigenvalue weighted by molar-refractivity contribution is 9.09. The minimum Gasteiger partial charge on any atom is -0.492 e. The Morgan fingerprint density at radius 2 is 2.06 bits per heavy atom. The third-order valence-corrected chi connectivity index (χ3v) is 3.95. The van der Waals surface area contributed by atoms with Crippen LogP contribution in [0.4, 0.5) is 13.2 Å². The molecule has 100 valence electrons. The molecule has 1 aliphatic heterocycles. The summed E-state index contributed by atoms with van der Waals surface area (Å²) < 4.78 is 42.6. The van der Waals surface area contributed by atoms with Gasteiger partial charge in [0.25, 0.3) is 0 Å². The number of rotatable bonds is 2. The molecule has 0 N–H and O–H groups in total. The van der Waals surface area contributed by atoms with Gasteiger partial charge in [0.2, 0.25) is 0 Å². The smallest absolute Gasteiger partial charge is 0.390 e. The number of ether oxygens (including phenoxy) is 1. The SMILES string of the molecule is CC1(C)COc2ccc(C(Br)CC(F)(F)F)cc21. The molecule has 1 aliphatic rings. The van der Waals surface area contributed by atoms with Crippen molar-refractivity contribution in [2.24, 2.45) is 0 Å². The first-order valence-electron chi connectivity index (χ1n) is 5.67. The van der Waals surface area contributed by atoms with Gasteiger partial charge in [0.15, 0.2) is 0 Å². The minimum absolute atomic E-state index is 0.143. The summed E-state index contributed by atoms with van der Waals surface area (Å²) in [5.41, 5.74) is 1.48. The predicted molar refractivity (Wildman–Crippen MR) is 67.3 cm³/mol. The standard InChI is InChI=1S/C13H14BrF3O/c1-12(2)7-18-11-4-3-8(5-9(11)12)10(14)6-13(15,16)17/h3-5,10H,6-7H2,1-2H3. The second kappa shape index (κ2) is 4.44. The number of alkyl halides is 4. The fraction of sp³-hybridized carbons (Fsp3) is 0.538. The normalized spacial score (nSPS) is 19.2. The van der Waals surface area contributed by atoms with E-state index in [4.69, 9.17) is 4.74 Å².